The summed E-state index contributed by atoms with van der Waals surface area (Å²) in [6.07, 6.45) is 6.86. The Kier molecular flexibility index (Phi) is 2.38. The minimum absolute atomic E-state index is 0.150. The molecule has 0 amide bonds. The minimum atomic E-state index is -0.150. The van der Waals surface area contributed by atoms with Crippen LogP contribution in [-0.2, 0) is 9.53 Å². The van der Waals surface area contributed by atoms with Gasteiger partial charge in [-0.15, -0.1) is 0 Å². The predicted molar refractivity (Wildman–Crippen MR) is 50.2 cm³/mol. The smallest absolute Gasteiger partial charge is 0.330 e. The van der Waals surface area contributed by atoms with Crippen molar-refractivity contribution in [2.45, 2.75) is 32.6 Å². The first-order valence-electron chi connectivity index (χ1n) is 5.18. The summed E-state index contributed by atoms with van der Waals surface area (Å²) < 4.78 is 4.88. The van der Waals surface area contributed by atoms with Gasteiger partial charge in [0.05, 0.1) is 6.61 Å². The number of hydrogen-bond acceptors (Lipinski definition) is 2. The molecule has 0 spiro atoms. The van der Waals surface area contributed by atoms with Crippen molar-refractivity contribution in [3.8, 4) is 0 Å². The molecular formula is C11H16O2. The highest BCUT2D eigenvalue weighted by Gasteiger charge is 2.39. The Hall–Kier alpha value is -0.790. The van der Waals surface area contributed by atoms with Gasteiger partial charge in [-0.2, -0.15) is 0 Å². The van der Waals surface area contributed by atoms with Gasteiger partial charge < -0.3 is 4.74 Å². The van der Waals surface area contributed by atoms with Crippen LogP contribution in [0, 0.1) is 11.8 Å². The van der Waals surface area contributed by atoms with E-state index in [9.17, 15) is 4.79 Å². The summed E-state index contributed by atoms with van der Waals surface area (Å²) in [6.45, 7) is 2.33. The van der Waals surface area contributed by atoms with E-state index in [1.807, 2.05) is 6.92 Å². The Bertz CT molecular complexity index is 242. The fraction of sp³-hybridized carbons (Fsp3) is 0.727. The lowest BCUT2D eigenvalue weighted by Gasteiger charge is -2.33. The molecule has 0 aromatic heterocycles. The standard InChI is InChI=1S/C11H16O2/c1-2-13-11(12)7-9-6-8-4-3-5-10(8)9/h7-8,10H,2-6H2,1H3/b9-7-. The number of esters is 1. The van der Waals surface area contributed by atoms with Gasteiger partial charge in [0.15, 0.2) is 0 Å². The van der Waals surface area contributed by atoms with Crippen LogP contribution in [0.5, 0.6) is 0 Å². The maximum absolute atomic E-state index is 11.1. The molecule has 2 aliphatic rings. The van der Waals surface area contributed by atoms with Crippen molar-refractivity contribution in [1.82, 2.24) is 0 Å². The monoisotopic (exact) mass is 180 g/mol. The van der Waals surface area contributed by atoms with E-state index < -0.39 is 0 Å². The van der Waals surface area contributed by atoms with Crippen LogP contribution in [0.1, 0.15) is 32.6 Å². The third-order valence-electron chi connectivity index (χ3n) is 3.22. The van der Waals surface area contributed by atoms with Gasteiger partial charge in [-0.1, -0.05) is 12.0 Å². The molecule has 2 saturated carbocycles. The predicted octanol–water partition coefficient (Wildman–Crippen LogP) is 2.30. The number of hydrogen-bond donors (Lipinski definition) is 0. The highest BCUT2D eigenvalue weighted by Crippen LogP contribution is 2.50. The molecule has 0 bridgehead atoms. The van der Waals surface area contributed by atoms with Crippen LogP contribution in [0.25, 0.3) is 0 Å². The Morgan fingerprint density at radius 3 is 3.15 bits per heavy atom. The molecule has 2 nitrogen and oxygen atoms in total. The molecule has 0 radical (unpaired) electrons. The summed E-state index contributed by atoms with van der Waals surface area (Å²) in [7, 11) is 0. The lowest BCUT2D eigenvalue weighted by Crippen LogP contribution is -2.24. The van der Waals surface area contributed by atoms with Crippen molar-refractivity contribution >= 4 is 5.97 Å². The summed E-state index contributed by atoms with van der Waals surface area (Å²) in [5, 5.41) is 0. The molecule has 2 rings (SSSR count). The normalized spacial score (nSPS) is 34.1. The van der Waals surface area contributed by atoms with E-state index in [0.29, 0.717) is 6.61 Å². The van der Waals surface area contributed by atoms with Crippen LogP contribution in [0.2, 0.25) is 0 Å². The molecule has 2 unspecified atom stereocenters. The van der Waals surface area contributed by atoms with Gasteiger partial charge in [0.2, 0.25) is 0 Å². The lowest BCUT2D eigenvalue weighted by atomic mass is 9.71. The van der Waals surface area contributed by atoms with Gasteiger partial charge in [0.25, 0.3) is 0 Å². The van der Waals surface area contributed by atoms with Crippen molar-refractivity contribution in [2.24, 2.45) is 11.8 Å². The van der Waals surface area contributed by atoms with Crippen molar-refractivity contribution in [3.05, 3.63) is 11.6 Å². The van der Waals surface area contributed by atoms with Crippen LogP contribution in [0.15, 0.2) is 11.6 Å². The second-order valence-corrected chi connectivity index (χ2v) is 3.97. The summed E-state index contributed by atoms with van der Waals surface area (Å²) in [6, 6.07) is 0. The molecule has 0 N–H and O–H groups in total. The van der Waals surface area contributed by atoms with E-state index >= 15 is 0 Å². The first-order chi connectivity index (χ1) is 6.31. The Labute approximate surface area is 79.0 Å². The average Bonchev–Trinajstić information content (AvgIpc) is 2.43. The van der Waals surface area contributed by atoms with Gasteiger partial charge >= 0.3 is 5.97 Å². The van der Waals surface area contributed by atoms with E-state index in [4.69, 9.17) is 4.74 Å². The van der Waals surface area contributed by atoms with Gasteiger partial charge in [0.1, 0.15) is 0 Å². The number of ether oxygens (including phenoxy) is 1. The first kappa shape index (κ1) is 8.79. The third kappa shape index (κ3) is 1.62. The summed E-state index contributed by atoms with van der Waals surface area (Å²) >= 11 is 0. The van der Waals surface area contributed by atoms with Crippen LogP contribution >= 0.6 is 0 Å². The van der Waals surface area contributed by atoms with Crippen molar-refractivity contribution in [2.75, 3.05) is 6.61 Å². The summed E-state index contributed by atoms with van der Waals surface area (Å²) in [5.74, 6) is 1.47. The molecule has 2 heteroatoms. The molecule has 2 aliphatic carbocycles. The number of rotatable bonds is 2. The van der Waals surface area contributed by atoms with E-state index in [1.165, 1.54) is 24.8 Å². The second-order valence-electron chi connectivity index (χ2n) is 3.97. The van der Waals surface area contributed by atoms with Crippen molar-refractivity contribution < 1.29 is 9.53 Å². The van der Waals surface area contributed by atoms with Gasteiger partial charge in [-0.25, -0.2) is 4.79 Å². The molecule has 0 saturated heterocycles. The summed E-state index contributed by atoms with van der Waals surface area (Å²) in [5.41, 5.74) is 1.33. The molecule has 0 heterocycles. The Balaban J connectivity index is 1.91. The second kappa shape index (κ2) is 3.52. The molecule has 2 atom stereocenters. The van der Waals surface area contributed by atoms with E-state index in [-0.39, 0.29) is 5.97 Å². The molecule has 0 aliphatic heterocycles. The average molecular weight is 180 g/mol. The van der Waals surface area contributed by atoms with Crippen LogP contribution in [-0.4, -0.2) is 12.6 Å². The zero-order valence-corrected chi connectivity index (χ0v) is 8.08. The highest BCUT2D eigenvalue weighted by atomic mass is 16.5. The summed E-state index contributed by atoms with van der Waals surface area (Å²) in [4.78, 5) is 11.1. The zero-order valence-electron chi connectivity index (χ0n) is 8.08. The zero-order chi connectivity index (χ0) is 9.26. The van der Waals surface area contributed by atoms with E-state index in [1.54, 1.807) is 6.08 Å². The van der Waals surface area contributed by atoms with Crippen molar-refractivity contribution in [1.29, 1.82) is 0 Å². The molecule has 72 valence electrons. The van der Waals surface area contributed by atoms with Crippen LogP contribution in [0.4, 0.5) is 0 Å². The highest BCUT2D eigenvalue weighted by molar-refractivity contribution is 5.83. The van der Waals surface area contributed by atoms with Gasteiger partial charge in [-0.05, 0) is 38.0 Å². The fourth-order valence-electron chi connectivity index (χ4n) is 2.56. The number of fused-ring (bicyclic) bond motifs is 1. The van der Waals surface area contributed by atoms with E-state index in [2.05, 4.69) is 0 Å². The molecule has 0 aromatic rings. The van der Waals surface area contributed by atoms with Crippen molar-refractivity contribution in [3.63, 3.8) is 0 Å². The number of carbonyl (C=O) groups excluding carboxylic acids is 1. The van der Waals surface area contributed by atoms with Gasteiger partial charge in [0, 0.05) is 6.08 Å². The maximum Gasteiger partial charge on any atom is 0.330 e. The number of allylic oxidation sites excluding steroid dienone is 1. The molecule has 13 heavy (non-hydrogen) atoms. The molecule has 2 fully saturated rings. The Morgan fingerprint density at radius 2 is 2.46 bits per heavy atom. The Morgan fingerprint density at radius 1 is 1.62 bits per heavy atom. The lowest BCUT2D eigenvalue weighted by molar-refractivity contribution is -0.137. The third-order valence-corrected chi connectivity index (χ3v) is 3.22. The number of carbonyl (C=O) groups is 1. The maximum atomic E-state index is 11.1. The molecule has 0 aromatic carbocycles. The largest absolute Gasteiger partial charge is 0.463 e. The SMILES string of the molecule is CCOC(=O)/C=C1/CC2CCCC12. The quantitative estimate of drug-likeness (QED) is 0.481. The van der Waals surface area contributed by atoms with Crippen LogP contribution < -0.4 is 0 Å². The van der Waals surface area contributed by atoms with E-state index in [0.717, 1.165) is 18.3 Å². The molecular weight excluding hydrogens is 164 g/mol. The minimum Gasteiger partial charge on any atom is -0.463 e. The first-order valence-corrected chi connectivity index (χ1v) is 5.18. The van der Waals surface area contributed by atoms with Gasteiger partial charge in [-0.3, -0.25) is 0 Å². The van der Waals surface area contributed by atoms with Crippen LogP contribution in [0.3, 0.4) is 0 Å². The topological polar surface area (TPSA) is 26.3 Å². The fourth-order valence-corrected chi connectivity index (χ4v) is 2.56.